The molecular weight excluding hydrogens is 404 g/mol. The quantitative estimate of drug-likeness (QED) is 0.627. The minimum Gasteiger partial charge on any atom is -0.369 e. The van der Waals surface area contributed by atoms with Crippen molar-refractivity contribution in [3.05, 3.63) is 29.8 Å². The van der Waals surface area contributed by atoms with Gasteiger partial charge in [-0.05, 0) is 55.6 Å². The van der Waals surface area contributed by atoms with E-state index < -0.39 is 9.84 Å². The summed E-state index contributed by atoms with van der Waals surface area (Å²) in [6.45, 7) is 4.19. The highest BCUT2D eigenvalue weighted by Crippen LogP contribution is 2.30. The van der Waals surface area contributed by atoms with Crippen LogP contribution in [0.3, 0.4) is 0 Å². The number of amidine groups is 1. The molecule has 7 heteroatoms. The van der Waals surface area contributed by atoms with Gasteiger partial charge in [0.1, 0.15) is 6.04 Å². The highest BCUT2D eigenvalue weighted by Gasteiger charge is 2.36. The zero-order valence-corrected chi connectivity index (χ0v) is 19.5. The smallest absolute Gasteiger partial charge is 0.274 e. The van der Waals surface area contributed by atoms with E-state index >= 15 is 0 Å². The second-order valence-corrected chi connectivity index (χ2v) is 11.5. The zero-order valence-electron chi connectivity index (χ0n) is 17.9. The summed E-state index contributed by atoms with van der Waals surface area (Å²) >= 11 is 2.07. The lowest BCUT2D eigenvalue weighted by Gasteiger charge is -2.31. The first-order chi connectivity index (χ1) is 13.9. The number of benzene rings is 1. The standard InChI is InChI=1S/C22H34N2O3S2/c1-4-5-14-24-20(17-8-10-19(11-9-17)29(3,25)26)12-13-21(27-2)22(24)23-16-18-7-6-15-28-18/h8-11,18,20-21H,4-7,12-16H2,1-3H3/p+1. The second-order valence-electron chi connectivity index (χ2n) is 8.11. The van der Waals surface area contributed by atoms with Gasteiger partial charge in [-0.1, -0.05) is 25.5 Å². The summed E-state index contributed by atoms with van der Waals surface area (Å²) in [5.41, 5.74) is 1.18. The Morgan fingerprint density at radius 1 is 1.21 bits per heavy atom. The number of nitrogens with one attached hydrogen (secondary N) is 1. The molecule has 0 aliphatic carbocycles. The molecule has 5 nitrogen and oxygen atoms in total. The highest BCUT2D eigenvalue weighted by molar-refractivity contribution is 8.00. The van der Waals surface area contributed by atoms with Gasteiger partial charge in [0.2, 0.25) is 0 Å². The van der Waals surface area contributed by atoms with Crippen molar-refractivity contribution in [2.24, 2.45) is 0 Å². The van der Waals surface area contributed by atoms with Crippen molar-refractivity contribution in [2.75, 3.05) is 32.2 Å². The van der Waals surface area contributed by atoms with Gasteiger partial charge in [0.25, 0.3) is 5.84 Å². The Bertz CT molecular complexity index is 800. The molecule has 1 aromatic carbocycles. The fraction of sp³-hybridized carbons (Fsp3) is 0.682. The van der Waals surface area contributed by atoms with Crippen LogP contribution in [0.1, 0.15) is 57.1 Å². The first kappa shape index (κ1) is 22.6. The number of hydrogen-bond donors (Lipinski definition) is 1. The van der Waals surface area contributed by atoms with Crippen molar-refractivity contribution >= 4 is 27.4 Å². The summed E-state index contributed by atoms with van der Waals surface area (Å²) < 4.78 is 32.0. The van der Waals surface area contributed by atoms with Gasteiger partial charge in [-0.25, -0.2) is 8.42 Å². The van der Waals surface area contributed by atoms with Gasteiger partial charge in [0.05, 0.1) is 18.0 Å². The van der Waals surface area contributed by atoms with Crippen LogP contribution in [0.5, 0.6) is 0 Å². The van der Waals surface area contributed by atoms with Gasteiger partial charge in [-0.15, -0.1) is 0 Å². The van der Waals surface area contributed by atoms with E-state index in [-0.39, 0.29) is 12.1 Å². The monoisotopic (exact) mass is 439 g/mol. The van der Waals surface area contributed by atoms with Crippen molar-refractivity contribution in [1.29, 1.82) is 0 Å². The average molecular weight is 440 g/mol. The summed E-state index contributed by atoms with van der Waals surface area (Å²) in [6, 6.07) is 7.70. The van der Waals surface area contributed by atoms with Crippen molar-refractivity contribution < 1.29 is 17.7 Å². The predicted octanol–water partition coefficient (Wildman–Crippen LogP) is 3.64. The van der Waals surface area contributed by atoms with Crippen LogP contribution in [-0.4, -0.2) is 62.4 Å². The molecule has 0 spiro atoms. The van der Waals surface area contributed by atoms with Crippen LogP contribution in [0.4, 0.5) is 0 Å². The van der Waals surface area contributed by atoms with E-state index in [4.69, 9.17) is 4.74 Å². The van der Waals surface area contributed by atoms with E-state index in [0.717, 1.165) is 38.8 Å². The van der Waals surface area contributed by atoms with Crippen LogP contribution >= 0.6 is 11.8 Å². The minimum atomic E-state index is -3.17. The number of sulfone groups is 1. The molecule has 3 unspecified atom stereocenters. The van der Waals surface area contributed by atoms with Crippen LogP contribution in [-0.2, 0) is 14.6 Å². The largest absolute Gasteiger partial charge is 0.369 e. The van der Waals surface area contributed by atoms with Gasteiger partial charge in [-0.2, -0.15) is 11.8 Å². The molecule has 1 N–H and O–H groups in total. The minimum absolute atomic E-state index is 0.102. The third kappa shape index (κ3) is 5.76. The van der Waals surface area contributed by atoms with E-state index in [1.165, 1.54) is 36.2 Å². The Hall–Kier alpha value is -1.05. The van der Waals surface area contributed by atoms with Crippen molar-refractivity contribution in [3.8, 4) is 0 Å². The Morgan fingerprint density at radius 3 is 2.55 bits per heavy atom. The number of ether oxygens (including phenoxy) is 1. The molecule has 2 aliphatic heterocycles. The first-order valence-corrected chi connectivity index (χ1v) is 13.7. The fourth-order valence-corrected chi connectivity index (χ4v) is 6.14. The summed E-state index contributed by atoms with van der Waals surface area (Å²) in [5.74, 6) is 2.47. The van der Waals surface area contributed by atoms with Crippen molar-refractivity contribution in [1.82, 2.24) is 5.32 Å². The number of rotatable bonds is 8. The zero-order chi connectivity index (χ0) is 20.9. The lowest BCUT2D eigenvalue weighted by atomic mass is 9.94. The second kappa shape index (κ2) is 10.3. The fourth-order valence-electron chi connectivity index (χ4n) is 4.31. The lowest BCUT2D eigenvalue weighted by molar-refractivity contribution is -0.583. The summed E-state index contributed by atoms with van der Waals surface area (Å²) in [5, 5.41) is 4.44. The Morgan fingerprint density at radius 2 is 1.97 bits per heavy atom. The lowest BCUT2D eigenvalue weighted by Crippen LogP contribution is -2.49. The highest BCUT2D eigenvalue weighted by atomic mass is 32.2. The molecule has 1 fully saturated rings. The average Bonchev–Trinajstić information content (AvgIpc) is 3.23. The van der Waals surface area contributed by atoms with Crippen LogP contribution in [0.15, 0.2) is 29.2 Å². The van der Waals surface area contributed by atoms with E-state index in [1.54, 1.807) is 19.2 Å². The van der Waals surface area contributed by atoms with Crippen LogP contribution in [0.25, 0.3) is 0 Å². The van der Waals surface area contributed by atoms with E-state index in [0.29, 0.717) is 10.1 Å². The van der Waals surface area contributed by atoms with Crippen LogP contribution in [0, 0.1) is 0 Å². The normalized spacial score (nSPS) is 25.4. The molecule has 0 radical (unpaired) electrons. The van der Waals surface area contributed by atoms with Gasteiger partial charge < -0.3 is 4.74 Å². The van der Waals surface area contributed by atoms with E-state index in [9.17, 15) is 8.42 Å². The molecule has 2 heterocycles. The molecule has 162 valence electrons. The number of methoxy groups -OCH3 is 1. The SMILES string of the molecule is CCCC[N+]1=C(NCC2CCCS2)C(OC)CCC1c1ccc(S(C)(=O)=O)cc1. The summed E-state index contributed by atoms with van der Waals surface area (Å²) in [7, 11) is -1.37. The third-order valence-electron chi connectivity index (χ3n) is 5.96. The topological polar surface area (TPSA) is 58.4 Å². The number of unbranched alkanes of at least 4 members (excludes halogenated alkanes) is 1. The molecule has 0 saturated carbocycles. The molecule has 3 atom stereocenters. The summed E-state index contributed by atoms with van der Waals surface area (Å²) in [6.07, 6.45) is 8.20. The third-order valence-corrected chi connectivity index (χ3v) is 8.48. The molecule has 0 aromatic heterocycles. The number of nitrogens with zero attached hydrogens (tertiary/aromatic N) is 1. The molecule has 0 amide bonds. The van der Waals surface area contributed by atoms with Gasteiger partial charge >= 0.3 is 0 Å². The van der Waals surface area contributed by atoms with Gasteiger partial charge in [-0.3, -0.25) is 9.89 Å². The molecule has 2 aliphatic rings. The Labute approximate surface area is 180 Å². The van der Waals surface area contributed by atoms with Gasteiger partial charge in [0.15, 0.2) is 15.9 Å². The Kier molecular flexibility index (Phi) is 8.05. The van der Waals surface area contributed by atoms with Crippen LogP contribution < -0.4 is 5.32 Å². The van der Waals surface area contributed by atoms with Gasteiger partial charge in [0, 0.05) is 18.6 Å². The maximum Gasteiger partial charge on any atom is 0.274 e. The molecule has 1 aromatic rings. The molecule has 0 bridgehead atoms. The van der Waals surface area contributed by atoms with Crippen molar-refractivity contribution in [2.45, 2.75) is 67.7 Å². The van der Waals surface area contributed by atoms with Crippen LogP contribution in [0.2, 0.25) is 0 Å². The molecule has 1 saturated heterocycles. The number of hydrogen-bond acceptors (Lipinski definition) is 5. The van der Waals surface area contributed by atoms with E-state index in [2.05, 4.69) is 28.6 Å². The summed E-state index contributed by atoms with van der Waals surface area (Å²) in [4.78, 5) is 0.382. The maximum absolute atomic E-state index is 11.8. The molecule has 3 rings (SSSR count). The predicted molar refractivity (Wildman–Crippen MR) is 121 cm³/mol. The molecular formula is C22H35N2O3S2+. The Balaban J connectivity index is 1.90. The molecule has 29 heavy (non-hydrogen) atoms. The first-order valence-electron chi connectivity index (χ1n) is 10.8. The number of thioether (sulfide) groups is 1. The van der Waals surface area contributed by atoms with E-state index in [1.807, 2.05) is 12.1 Å². The van der Waals surface area contributed by atoms with Crippen molar-refractivity contribution in [3.63, 3.8) is 0 Å². The maximum atomic E-state index is 11.8.